The number of benzene rings is 4. The molecular weight excluding hydrogens is 1530 g/mol. The van der Waals surface area contributed by atoms with Gasteiger partial charge in [0, 0.05) is 56.9 Å². The Morgan fingerprint density at radius 2 is 0.964 bits per heavy atom. The van der Waals surface area contributed by atoms with Crippen molar-refractivity contribution in [1.29, 1.82) is 0 Å². The van der Waals surface area contributed by atoms with E-state index in [0.29, 0.717) is 53.9 Å². The predicted octanol–water partition coefficient (Wildman–Crippen LogP) is 21.4. The molecule has 13 rings (SSSR count). The van der Waals surface area contributed by atoms with Gasteiger partial charge >= 0.3 is 24.2 Å². The van der Waals surface area contributed by atoms with Crippen LogP contribution in [0.5, 0.6) is 0 Å². The number of halogens is 7. The highest BCUT2D eigenvalue weighted by molar-refractivity contribution is 7.14. The molecule has 9 aromatic rings. The smallest absolute Gasteiger partial charge is 0.410 e. The molecule has 2 aliphatic carbocycles. The molecule has 112 heavy (non-hydrogen) atoms. The molecule has 4 aromatic carbocycles. The Bertz CT molecular complexity index is 4740. The Morgan fingerprint density at radius 3 is 1.32 bits per heavy atom. The van der Waals surface area contributed by atoms with E-state index in [-0.39, 0.29) is 121 Å². The minimum atomic E-state index is -2.67. The van der Waals surface area contributed by atoms with Gasteiger partial charge in [0.1, 0.15) is 23.7 Å². The van der Waals surface area contributed by atoms with Crippen LogP contribution in [0.4, 0.5) is 52.6 Å². The molecule has 20 nitrogen and oxygen atoms in total. The normalized spacial score (nSPS) is 18.5. The number of fused-ring (bicyclic) bond motifs is 2. The number of rotatable bonds is 20. The summed E-state index contributed by atoms with van der Waals surface area (Å²) in [6.07, 6.45) is -3.58. The zero-order valence-electron chi connectivity index (χ0n) is 63.8. The van der Waals surface area contributed by atoms with E-state index in [2.05, 4.69) is 62.1 Å². The minimum Gasteiger partial charge on any atom is -0.477 e. The second-order valence-electron chi connectivity index (χ2n) is 32.1. The summed E-state index contributed by atoms with van der Waals surface area (Å²) in [5.41, 5.74) is 5.69. The number of hydrogen-bond donors (Lipinski definition) is 4. The molecular formula is C82H99ClF6N10O10S3. The highest BCUT2D eigenvalue weighted by Gasteiger charge is 2.52. The molecule has 4 aliphatic rings. The number of carboxylic acids is 1. The van der Waals surface area contributed by atoms with E-state index in [1.807, 2.05) is 136 Å². The highest BCUT2D eigenvalue weighted by atomic mass is 35.5. The van der Waals surface area contributed by atoms with Gasteiger partial charge in [0.25, 0.3) is 31.1 Å². The quantitative estimate of drug-likeness (QED) is 0.0411. The topological polar surface area (TPSA) is 232 Å². The average molecular weight is 1630 g/mol. The Morgan fingerprint density at radius 1 is 0.562 bits per heavy atom. The first-order valence-electron chi connectivity index (χ1n) is 36.6. The molecule has 4 N–H and O–H groups in total. The van der Waals surface area contributed by atoms with Crippen LogP contribution in [0.1, 0.15) is 219 Å². The highest BCUT2D eigenvalue weighted by Crippen LogP contribution is 2.56. The van der Waals surface area contributed by atoms with E-state index in [9.17, 15) is 55.1 Å². The van der Waals surface area contributed by atoms with E-state index in [0.717, 1.165) is 114 Å². The fourth-order valence-electron chi connectivity index (χ4n) is 14.3. The molecule has 0 unspecified atom stereocenters. The Balaban J connectivity index is 0.000000224. The van der Waals surface area contributed by atoms with E-state index in [1.54, 1.807) is 14.7 Å². The first-order chi connectivity index (χ1) is 51.9. The molecule has 0 bridgehead atoms. The molecule has 2 saturated carbocycles. The molecule has 2 aliphatic heterocycles. The van der Waals surface area contributed by atoms with Crippen LogP contribution in [0.2, 0.25) is 0 Å². The van der Waals surface area contributed by atoms with Gasteiger partial charge in [0.15, 0.2) is 0 Å². The standard InChI is InChI=1S/C40H49F2N5O5S.C35H41F2N5O3S.C6H4F2O2S.CH4.ClH/c1-25(38(2,3)4)46(37(50)51-23-26-11-9-8-10-12-26)22-27-13-14-30-29(19-27)43-35(44-34(48)32-16-15-31(53-32)33(41)42)47(30)28-20-40(21-28)17-18-45(24-40)36(49)52-39(5,6)7;1-22(34(2,3)4)41(33(44)45-20-23-8-6-5-7-9-23)19-24-10-11-27-26(16-24)39-32(40-31(43)29-13-12-28(46-29)30(36)37)42(27)25-17-35(18-25)14-15-38-21-35;7-5(8)3-1-2-4(11-3)6(9)10;;/h8-16,19,25,28,33H,17-18,20-24H2,1-7H3,(H,43,44,48);5-13,16,22,25,30,38H,14-15,17-21H2,1-4H3,(H,39,40,43);1-2,5H,(H,9,10);1H4;1H/t25-,28?,40?;22-,25?,35?;;;/m00.../s1. The lowest BCUT2D eigenvalue weighted by molar-refractivity contribution is 0.0199. The molecule has 604 valence electrons. The number of amides is 5. The SMILES string of the molecule is C.C[C@H](N(Cc1ccc2c(c1)nc(NC(=O)c1ccc(C(F)F)s1)n2C1CC2(CCN(C(=O)OC(C)(C)C)C2)C1)C(=O)OCc1ccccc1)C(C)(C)C.C[C@H](N(Cc1ccc2c(c1)nc(NC(=O)c1ccc(C(F)F)s1)n2C1CC2(CCNC2)C1)C(=O)OCc1ccccc1)C(C)(C)C.Cl.O=C(O)c1ccc(C(F)F)s1. The molecule has 5 amide bonds. The van der Waals surface area contributed by atoms with Gasteiger partial charge in [-0.3, -0.25) is 20.2 Å². The Labute approximate surface area is 667 Å². The van der Waals surface area contributed by atoms with Crippen molar-refractivity contribution in [2.75, 3.05) is 36.8 Å². The summed E-state index contributed by atoms with van der Waals surface area (Å²) in [6, 6.07) is 38.4. The number of hydrogen-bond acceptors (Lipinski definition) is 15. The van der Waals surface area contributed by atoms with Crippen LogP contribution < -0.4 is 16.0 Å². The number of anilines is 2. The van der Waals surface area contributed by atoms with E-state index in [4.69, 9.17) is 29.3 Å². The summed E-state index contributed by atoms with van der Waals surface area (Å²) in [7, 11) is 0. The molecule has 7 heterocycles. The largest absolute Gasteiger partial charge is 0.477 e. The van der Waals surface area contributed by atoms with Crippen LogP contribution in [0.3, 0.4) is 0 Å². The summed E-state index contributed by atoms with van der Waals surface area (Å²) < 4.78 is 98.1. The lowest BCUT2D eigenvalue weighted by Crippen LogP contribution is -2.45. The third kappa shape index (κ3) is 21.0. The number of likely N-dealkylation sites (tertiary alicyclic amines) is 1. The van der Waals surface area contributed by atoms with Crippen molar-refractivity contribution in [2.24, 2.45) is 21.7 Å². The average Bonchev–Trinajstić information content (AvgIpc) is 1.57. The number of nitrogens with one attached hydrogen (secondary N) is 3. The van der Waals surface area contributed by atoms with Crippen LogP contribution in [-0.2, 0) is 40.5 Å². The number of aromatic carboxylic acids is 1. The van der Waals surface area contributed by atoms with Crippen LogP contribution >= 0.6 is 46.4 Å². The van der Waals surface area contributed by atoms with Gasteiger partial charge in [0.2, 0.25) is 11.9 Å². The maximum Gasteiger partial charge on any atom is 0.410 e. The van der Waals surface area contributed by atoms with Crippen molar-refractivity contribution >= 4 is 116 Å². The van der Waals surface area contributed by atoms with Crippen molar-refractivity contribution in [2.45, 2.75) is 197 Å². The molecule has 2 spiro atoms. The summed E-state index contributed by atoms with van der Waals surface area (Å²) in [6.45, 7) is 26.2. The van der Waals surface area contributed by atoms with Gasteiger partial charge in [-0.15, -0.1) is 46.4 Å². The maximum atomic E-state index is 13.6. The molecule has 0 radical (unpaired) electrons. The summed E-state index contributed by atoms with van der Waals surface area (Å²) in [5.74, 6) is -1.43. The lowest BCUT2D eigenvalue weighted by atomic mass is 9.65. The van der Waals surface area contributed by atoms with Gasteiger partial charge in [-0.2, -0.15) is 0 Å². The van der Waals surface area contributed by atoms with Gasteiger partial charge in [-0.25, -0.2) is 55.5 Å². The number of ether oxygens (including phenoxy) is 3. The van der Waals surface area contributed by atoms with Crippen molar-refractivity contribution in [3.8, 4) is 0 Å². The fourth-order valence-corrected chi connectivity index (χ4v) is 16.5. The molecule has 2 atom stereocenters. The van der Waals surface area contributed by atoms with E-state index < -0.39 is 54.8 Å². The second kappa shape index (κ2) is 36.0. The van der Waals surface area contributed by atoms with Crippen LogP contribution in [0, 0.1) is 21.7 Å². The number of nitrogens with zero attached hydrogens (tertiary/aromatic N) is 7. The number of aromatic nitrogens is 4. The van der Waals surface area contributed by atoms with Gasteiger partial charge in [-0.05, 0) is 184 Å². The Kier molecular flexibility index (Phi) is 27.9. The first-order valence-corrected chi connectivity index (χ1v) is 39.0. The zero-order chi connectivity index (χ0) is 79.4. The second-order valence-corrected chi connectivity index (χ2v) is 35.4. The van der Waals surface area contributed by atoms with Crippen molar-refractivity contribution in [1.82, 2.24) is 39.1 Å². The monoisotopic (exact) mass is 1630 g/mol. The van der Waals surface area contributed by atoms with Crippen LogP contribution in [-0.4, -0.2) is 119 Å². The number of thiophene rings is 3. The van der Waals surface area contributed by atoms with Gasteiger partial charge < -0.3 is 48.5 Å². The van der Waals surface area contributed by atoms with Crippen LogP contribution in [0.25, 0.3) is 22.1 Å². The third-order valence-corrected chi connectivity index (χ3v) is 24.3. The minimum absolute atomic E-state index is 0. The number of carboxylic acid groups (broad SMARTS) is 1. The van der Waals surface area contributed by atoms with Crippen molar-refractivity contribution < 1.29 is 74.4 Å². The third-order valence-electron chi connectivity index (χ3n) is 21.0. The van der Waals surface area contributed by atoms with Crippen molar-refractivity contribution in [3.05, 3.63) is 185 Å². The predicted molar refractivity (Wildman–Crippen MR) is 428 cm³/mol. The van der Waals surface area contributed by atoms with Gasteiger partial charge in [0.05, 0.1) is 46.5 Å². The van der Waals surface area contributed by atoms with E-state index >= 15 is 0 Å². The summed E-state index contributed by atoms with van der Waals surface area (Å²) in [4.78, 5) is 91.5. The molecule has 5 aromatic heterocycles. The summed E-state index contributed by atoms with van der Waals surface area (Å²) in [5, 5.41) is 17.7. The Hall–Kier alpha value is -9.03. The van der Waals surface area contributed by atoms with Crippen LogP contribution in [0.15, 0.2) is 133 Å². The molecule has 4 fully saturated rings. The van der Waals surface area contributed by atoms with E-state index in [1.165, 1.54) is 30.3 Å². The summed E-state index contributed by atoms with van der Waals surface area (Å²) >= 11 is 2.14. The van der Waals surface area contributed by atoms with Crippen molar-refractivity contribution in [3.63, 3.8) is 0 Å². The fraction of sp³-hybridized carbons (Fsp3) is 0.463. The zero-order valence-corrected chi connectivity index (χ0v) is 67.1. The van der Waals surface area contributed by atoms with Gasteiger partial charge in [-0.1, -0.05) is 122 Å². The number of carbonyl (C=O) groups excluding carboxylic acids is 5. The maximum absolute atomic E-state index is 13.6. The number of imidazole rings is 2. The first kappa shape index (κ1) is 86.9. The molecule has 2 saturated heterocycles. The number of carbonyl (C=O) groups is 6. The number of alkyl halides is 6. The lowest BCUT2D eigenvalue weighted by Gasteiger charge is -2.46. The molecule has 30 heteroatoms.